The fraction of sp³-hybridized carbons (Fsp3) is 0.458. The molecular formula is C24H28ClN2O3+. The average molecular weight is 428 g/mol. The lowest BCUT2D eigenvalue weighted by atomic mass is 9.77. The van der Waals surface area contributed by atoms with Gasteiger partial charge < -0.3 is 19.3 Å². The Morgan fingerprint density at radius 3 is 2.43 bits per heavy atom. The first-order valence-electron chi connectivity index (χ1n) is 10.9. The minimum atomic E-state index is -0.362. The van der Waals surface area contributed by atoms with Gasteiger partial charge in [0.05, 0.1) is 31.6 Å². The average Bonchev–Trinajstić information content (AvgIpc) is 3.44. The first-order chi connectivity index (χ1) is 14.6. The van der Waals surface area contributed by atoms with Gasteiger partial charge in [-0.1, -0.05) is 36.6 Å². The van der Waals surface area contributed by atoms with Crippen LogP contribution in [0.3, 0.4) is 0 Å². The molecule has 0 atom stereocenters. The standard InChI is InChI=1S/C24H27ClN2O3/c25-20-6-4-19(5-7-20)24(9-1-2-10-24)23(28)27-13-11-26(12-14-27)16-18-3-8-21-22(15-18)30-17-29-21/h3-8,15H,1-2,9-14,16-17H2/p+1. The van der Waals surface area contributed by atoms with Gasteiger partial charge in [-0.15, -0.1) is 0 Å². The first-order valence-corrected chi connectivity index (χ1v) is 11.3. The Morgan fingerprint density at radius 2 is 1.70 bits per heavy atom. The predicted molar refractivity (Wildman–Crippen MR) is 115 cm³/mol. The van der Waals surface area contributed by atoms with Gasteiger partial charge in [-0.3, -0.25) is 4.79 Å². The zero-order chi connectivity index (χ0) is 20.6. The van der Waals surface area contributed by atoms with Crippen molar-refractivity contribution in [3.63, 3.8) is 0 Å². The van der Waals surface area contributed by atoms with Crippen LogP contribution in [-0.2, 0) is 16.8 Å². The second kappa shape index (κ2) is 8.12. The Hall–Kier alpha value is -2.24. The van der Waals surface area contributed by atoms with Gasteiger partial charge in [-0.2, -0.15) is 0 Å². The molecule has 158 valence electrons. The number of fused-ring (bicyclic) bond motifs is 1. The van der Waals surface area contributed by atoms with E-state index < -0.39 is 0 Å². The zero-order valence-electron chi connectivity index (χ0n) is 17.2. The number of rotatable bonds is 4. The van der Waals surface area contributed by atoms with Gasteiger partial charge in [0.1, 0.15) is 6.54 Å². The molecule has 0 spiro atoms. The molecule has 0 bridgehead atoms. The van der Waals surface area contributed by atoms with E-state index in [0.717, 1.165) is 80.5 Å². The normalized spacial score (nSPS) is 20.5. The molecule has 0 radical (unpaired) electrons. The van der Waals surface area contributed by atoms with Crippen LogP contribution in [0.4, 0.5) is 0 Å². The number of nitrogens with zero attached hydrogens (tertiary/aromatic N) is 1. The Labute approximate surface area is 182 Å². The van der Waals surface area contributed by atoms with Crippen molar-refractivity contribution < 1.29 is 19.2 Å². The van der Waals surface area contributed by atoms with E-state index in [9.17, 15) is 4.79 Å². The van der Waals surface area contributed by atoms with Crippen molar-refractivity contribution in [1.82, 2.24) is 4.90 Å². The lowest BCUT2D eigenvalue weighted by molar-refractivity contribution is -0.917. The van der Waals surface area contributed by atoms with Crippen LogP contribution in [0.1, 0.15) is 36.8 Å². The number of carbonyl (C=O) groups excluding carboxylic acids is 1. The van der Waals surface area contributed by atoms with E-state index in [2.05, 4.69) is 17.0 Å². The van der Waals surface area contributed by atoms with Crippen molar-refractivity contribution in [3.05, 3.63) is 58.6 Å². The van der Waals surface area contributed by atoms with Crippen LogP contribution in [0.2, 0.25) is 5.02 Å². The summed E-state index contributed by atoms with van der Waals surface area (Å²) in [5, 5.41) is 0.722. The molecule has 2 aromatic carbocycles. The molecule has 0 aromatic heterocycles. The van der Waals surface area contributed by atoms with E-state index in [0.29, 0.717) is 12.7 Å². The van der Waals surface area contributed by atoms with Crippen molar-refractivity contribution in [2.24, 2.45) is 0 Å². The van der Waals surface area contributed by atoms with E-state index in [4.69, 9.17) is 21.1 Å². The molecule has 1 saturated carbocycles. The minimum Gasteiger partial charge on any atom is -0.454 e. The molecule has 2 fully saturated rings. The molecule has 30 heavy (non-hydrogen) atoms. The van der Waals surface area contributed by atoms with Crippen LogP contribution in [0.5, 0.6) is 11.5 Å². The maximum absolute atomic E-state index is 13.7. The second-order valence-electron chi connectivity index (χ2n) is 8.70. The maximum Gasteiger partial charge on any atom is 0.233 e. The number of hydrogen-bond acceptors (Lipinski definition) is 3. The minimum absolute atomic E-state index is 0.307. The molecule has 3 aliphatic rings. The molecule has 2 aromatic rings. The summed E-state index contributed by atoms with van der Waals surface area (Å²) in [5.41, 5.74) is 2.02. The molecular weight excluding hydrogens is 400 g/mol. The van der Waals surface area contributed by atoms with Crippen molar-refractivity contribution in [2.75, 3.05) is 33.0 Å². The zero-order valence-corrected chi connectivity index (χ0v) is 17.9. The number of quaternary nitrogens is 1. The van der Waals surface area contributed by atoms with Crippen LogP contribution >= 0.6 is 11.6 Å². The highest BCUT2D eigenvalue weighted by Crippen LogP contribution is 2.43. The fourth-order valence-electron chi connectivity index (χ4n) is 5.22. The van der Waals surface area contributed by atoms with Crippen molar-refractivity contribution in [3.8, 4) is 11.5 Å². The number of benzene rings is 2. The third kappa shape index (κ3) is 3.65. The molecule has 0 unspecified atom stereocenters. The summed E-state index contributed by atoms with van der Waals surface area (Å²) < 4.78 is 10.9. The summed E-state index contributed by atoms with van der Waals surface area (Å²) in [6.07, 6.45) is 4.11. The summed E-state index contributed by atoms with van der Waals surface area (Å²) in [4.78, 5) is 17.3. The van der Waals surface area contributed by atoms with Crippen LogP contribution in [0, 0.1) is 0 Å². The molecule has 5 rings (SSSR count). The maximum atomic E-state index is 13.7. The van der Waals surface area contributed by atoms with Crippen molar-refractivity contribution in [2.45, 2.75) is 37.6 Å². The van der Waals surface area contributed by atoms with E-state index in [1.54, 1.807) is 0 Å². The molecule has 2 heterocycles. The van der Waals surface area contributed by atoms with Gasteiger partial charge in [0.25, 0.3) is 0 Å². The molecule has 1 aliphatic carbocycles. The highest BCUT2D eigenvalue weighted by Gasteiger charge is 2.45. The lowest BCUT2D eigenvalue weighted by Gasteiger charge is -2.38. The number of piperazine rings is 1. The highest BCUT2D eigenvalue weighted by molar-refractivity contribution is 6.30. The first kappa shape index (κ1) is 19.7. The molecule has 5 nitrogen and oxygen atoms in total. The molecule has 1 amide bonds. The smallest absolute Gasteiger partial charge is 0.233 e. The van der Waals surface area contributed by atoms with Crippen molar-refractivity contribution in [1.29, 1.82) is 0 Å². The van der Waals surface area contributed by atoms with Gasteiger partial charge in [0.2, 0.25) is 12.7 Å². The number of nitrogens with one attached hydrogen (secondary N) is 1. The Kier molecular flexibility index (Phi) is 5.34. The summed E-state index contributed by atoms with van der Waals surface area (Å²) in [6, 6.07) is 14.1. The fourth-order valence-corrected chi connectivity index (χ4v) is 5.34. The van der Waals surface area contributed by atoms with Crippen LogP contribution in [0.15, 0.2) is 42.5 Å². The third-order valence-corrected chi connectivity index (χ3v) is 7.16. The molecule has 1 N–H and O–H groups in total. The van der Waals surface area contributed by atoms with Crippen LogP contribution in [-0.4, -0.2) is 43.8 Å². The van der Waals surface area contributed by atoms with Crippen molar-refractivity contribution >= 4 is 17.5 Å². The van der Waals surface area contributed by atoms with E-state index in [1.165, 1.54) is 10.5 Å². The quantitative estimate of drug-likeness (QED) is 0.816. The van der Waals surface area contributed by atoms with Crippen LogP contribution < -0.4 is 14.4 Å². The van der Waals surface area contributed by atoms with Gasteiger partial charge >= 0.3 is 0 Å². The Morgan fingerprint density at radius 1 is 1.00 bits per heavy atom. The number of halogens is 1. The SMILES string of the molecule is O=C(N1CC[NH+](Cc2ccc3c(c2)OCO3)CC1)C1(c2ccc(Cl)cc2)CCCC1. The monoisotopic (exact) mass is 427 g/mol. The second-order valence-corrected chi connectivity index (χ2v) is 9.14. The van der Waals surface area contributed by atoms with E-state index in [-0.39, 0.29) is 5.41 Å². The summed E-state index contributed by atoms with van der Waals surface area (Å²) in [7, 11) is 0. The number of ether oxygens (including phenoxy) is 2. The number of carbonyl (C=O) groups is 1. The van der Waals surface area contributed by atoms with E-state index >= 15 is 0 Å². The van der Waals surface area contributed by atoms with Gasteiger partial charge in [0.15, 0.2) is 11.5 Å². The molecule has 6 heteroatoms. The topological polar surface area (TPSA) is 43.2 Å². The number of hydrogen-bond donors (Lipinski definition) is 1. The van der Waals surface area contributed by atoms with E-state index in [1.807, 2.05) is 30.3 Å². The summed E-state index contributed by atoms with van der Waals surface area (Å²) in [6.45, 7) is 4.82. The largest absolute Gasteiger partial charge is 0.454 e. The Balaban J connectivity index is 1.24. The molecule has 1 saturated heterocycles. The molecule has 2 aliphatic heterocycles. The van der Waals surface area contributed by atoms with Gasteiger partial charge in [-0.25, -0.2) is 0 Å². The lowest BCUT2D eigenvalue weighted by Crippen LogP contribution is -3.13. The predicted octanol–water partition coefficient (Wildman–Crippen LogP) is 2.81. The number of amides is 1. The van der Waals surface area contributed by atoms with Gasteiger partial charge in [-0.05, 0) is 48.7 Å². The third-order valence-electron chi connectivity index (χ3n) is 6.91. The van der Waals surface area contributed by atoms with Crippen LogP contribution in [0.25, 0.3) is 0 Å². The van der Waals surface area contributed by atoms with Gasteiger partial charge in [0, 0.05) is 10.6 Å². The highest BCUT2D eigenvalue weighted by atomic mass is 35.5. The Bertz CT molecular complexity index is 917. The summed E-state index contributed by atoms with van der Waals surface area (Å²) in [5.74, 6) is 1.98. The summed E-state index contributed by atoms with van der Waals surface area (Å²) >= 11 is 6.09.